The molecule has 0 aliphatic carbocycles. The highest BCUT2D eigenvalue weighted by molar-refractivity contribution is 7.91. The molecular weight excluding hydrogens is 403 g/mol. The van der Waals surface area contributed by atoms with Crippen LogP contribution in [0.3, 0.4) is 0 Å². The third kappa shape index (κ3) is 3.76. The average molecular weight is 422 g/mol. The second-order valence-electron chi connectivity index (χ2n) is 7.04. The van der Waals surface area contributed by atoms with E-state index in [0.717, 1.165) is 11.2 Å². The molecule has 0 radical (unpaired) electrons. The van der Waals surface area contributed by atoms with Gasteiger partial charge in [-0.05, 0) is 55.3 Å². The lowest BCUT2D eigenvalue weighted by Gasteiger charge is -2.09. The fourth-order valence-corrected chi connectivity index (χ4v) is 4.83. The molecule has 2 heterocycles. The minimum Gasteiger partial charge on any atom is -0.306 e. The largest absolute Gasteiger partial charge is 0.306 e. The first-order valence-electron chi connectivity index (χ1n) is 9.41. The molecule has 0 N–H and O–H groups in total. The Balaban J connectivity index is 1.48. The maximum atomic E-state index is 13.8. The maximum absolute atomic E-state index is 13.8. The summed E-state index contributed by atoms with van der Waals surface area (Å²) in [7, 11) is -3.81. The van der Waals surface area contributed by atoms with Gasteiger partial charge in [-0.3, -0.25) is 4.79 Å². The summed E-state index contributed by atoms with van der Waals surface area (Å²) in [6.45, 7) is 1.45. The Morgan fingerprint density at radius 3 is 2.60 bits per heavy atom. The molecule has 7 heteroatoms. The summed E-state index contributed by atoms with van der Waals surface area (Å²) in [4.78, 5) is 16.7. The Labute approximate surface area is 173 Å². The number of fused-ring (bicyclic) bond motifs is 1. The van der Waals surface area contributed by atoms with Crippen molar-refractivity contribution in [2.45, 2.75) is 29.6 Å². The molecule has 0 spiro atoms. The van der Waals surface area contributed by atoms with Gasteiger partial charge in [0.15, 0.2) is 5.78 Å². The van der Waals surface area contributed by atoms with E-state index in [0.29, 0.717) is 18.4 Å². The molecule has 30 heavy (non-hydrogen) atoms. The van der Waals surface area contributed by atoms with E-state index < -0.39 is 15.7 Å². The van der Waals surface area contributed by atoms with Crippen molar-refractivity contribution in [2.24, 2.45) is 0 Å². The molecule has 152 valence electrons. The van der Waals surface area contributed by atoms with Crippen LogP contribution in [0.25, 0.3) is 5.65 Å². The van der Waals surface area contributed by atoms with Crippen LogP contribution in [0.15, 0.2) is 83.0 Å². The third-order valence-corrected chi connectivity index (χ3v) is 7.01. The zero-order valence-corrected chi connectivity index (χ0v) is 17.1. The number of pyridine rings is 1. The van der Waals surface area contributed by atoms with Gasteiger partial charge in [-0.2, -0.15) is 0 Å². The van der Waals surface area contributed by atoms with Crippen LogP contribution in [0.5, 0.6) is 0 Å². The number of aromatic nitrogens is 2. The monoisotopic (exact) mass is 422 g/mol. The second kappa shape index (κ2) is 7.84. The van der Waals surface area contributed by atoms with E-state index in [1.807, 2.05) is 0 Å². The number of imidazole rings is 1. The summed E-state index contributed by atoms with van der Waals surface area (Å²) in [6, 6.07) is 13.9. The number of Topliss-reactive ketones (excluding diaryl/α,β-unsaturated/α-hetero) is 1. The third-order valence-electron chi connectivity index (χ3n) is 5.09. The van der Waals surface area contributed by atoms with Crippen molar-refractivity contribution in [3.8, 4) is 0 Å². The van der Waals surface area contributed by atoms with E-state index in [1.54, 1.807) is 47.3 Å². The zero-order chi connectivity index (χ0) is 21.3. The predicted octanol–water partition coefficient (Wildman–Crippen LogP) is 4.43. The van der Waals surface area contributed by atoms with Crippen molar-refractivity contribution in [3.05, 3.63) is 95.7 Å². The molecule has 0 bridgehead atoms. The number of benzene rings is 2. The van der Waals surface area contributed by atoms with Gasteiger partial charge in [0.25, 0.3) is 0 Å². The van der Waals surface area contributed by atoms with E-state index in [4.69, 9.17) is 0 Å². The molecule has 5 nitrogen and oxygen atoms in total. The molecule has 4 rings (SSSR count). The van der Waals surface area contributed by atoms with Gasteiger partial charge < -0.3 is 4.40 Å². The number of aryl methyl sites for hydroxylation is 1. The Hall–Kier alpha value is -3.32. The van der Waals surface area contributed by atoms with Crippen molar-refractivity contribution in [3.63, 3.8) is 0 Å². The first-order chi connectivity index (χ1) is 14.4. The summed E-state index contributed by atoms with van der Waals surface area (Å²) in [5.41, 5.74) is 2.32. The average Bonchev–Trinajstić information content (AvgIpc) is 3.22. The number of hydrogen-bond donors (Lipinski definition) is 0. The van der Waals surface area contributed by atoms with Crippen LogP contribution in [0.4, 0.5) is 4.39 Å². The van der Waals surface area contributed by atoms with E-state index in [-0.39, 0.29) is 21.1 Å². The number of hydrogen-bond acceptors (Lipinski definition) is 4. The smallest absolute Gasteiger partial charge is 0.206 e. The Kier molecular flexibility index (Phi) is 5.22. The van der Waals surface area contributed by atoms with Gasteiger partial charge in [-0.25, -0.2) is 17.8 Å². The van der Waals surface area contributed by atoms with Crippen LogP contribution in [-0.4, -0.2) is 23.6 Å². The highest BCUT2D eigenvalue weighted by atomic mass is 32.2. The van der Waals surface area contributed by atoms with Gasteiger partial charge in [0, 0.05) is 36.1 Å². The van der Waals surface area contributed by atoms with Gasteiger partial charge in [0.1, 0.15) is 11.5 Å². The summed E-state index contributed by atoms with van der Waals surface area (Å²) >= 11 is 0. The van der Waals surface area contributed by atoms with Gasteiger partial charge in [-0.15, -0.1) is 0 Å². The number of sulfone groups is 1. The van der Waals surface area contributed by atoms with Crippen molar-refractivity contribution in [1.29, 1.82) is 0 Å². The molecule has 2 aromatic carbocycles. The summed E-state index contributed by atoms with van der Waals surface area (Å²) in [6.07, 6.45) is 5.99. The van der Waals surface area contributed by atoms with Crippen molar-refractivity contribution < 1.29 is 17.6 Å². The van der Waals surface area contributed by atoms with Crippen LogP contribution in [0.1, 0.15) is 27.9 Å². The Bertz CT molecular complexity index is 1340. The van der Waals surface area contributed by atoms with E-state index in [1.165, 1.54) is 37.3 Å². The minimum atomic E-state index is -3.81. The van der Waals surface area contributed by atoms with Crippen LogP contribution in [0, 0.1) is 12.7 Å². The van der Waals surface area contributed by atoms with Crippen molar-refractivity contribution in [1.82, 2.24) is 9.38 Å². The molecule has 0 unspecified atom stereocenters. The summed E-state index contributed by atoms with van der Waals surface area (Å²) in [5, 5.41) is 0. The molecule has 0 atom stereocenters. The molecule has 0 saturated heterocycles. The Morgan fingerprint density at radius 1 is 1.07 bits per heavy atom. The van der Waals surface area contributed by atoms with E-state index in [9.17, 15) is 17.6 Å². The van der Waals surface area contributed by atoms with E-state index >= 15 is 0 Å². The van der Waals surface area contributed by atoms with Crippen molar-refractivity contribution in [2.75, 3.05) is 0 Å². The first-order valence-corrected chi connectivity index (χ1v) is 10.9. The fraction of sp³-hybridized carbons (Fsp3) is 0.130. The number of rotatable bonds is 6. The van der Waals surface area contributed by atoms with Crippen LogP contribution < -0.4 is 0 Å². The maximum Gasteiger partial charge on any atom is 0.206 e. The summed E-state index contributed by atoms with van der Waals surface area (Å²) < 4.78 is 41.2. The highest BCUT2D eigenvalue weighted by Crippen LogP contribution is 2.25. The lowest BCUT2D eigenvalue weighted by molar-refractivity contribution is 0.0982. The second-order valence-corrected chi connectivity index (χ2v) is 8.96. The number of ketones is 1. The van der Waals surface area contributed by atoms with E-state index in [2.05, 4.69) is 4.98 Å². The van der Waals surface area contributed by atoms with Crippen molar-refractivity contribution >= 4 is 21.3 Å². The first kappa shape index (κ1) is 20.0. The van der Waals surface area contributed by atoms with Crippen LogP contribution >= 0.6 is 0 Å². The highest BCUT2D eigenvalue weighted by Gasteiger charge is 2.21. The molecular formula is C23H19FN2O3S. The summed E-state index contributed by atoms with van der Waals surface area (Å²) in [5.74, 6) is -0.558. The quantitative estimate of drug-likeness (QED) is 0.431. The van der Waals surface area contributed by atoms with Gasteiger partial charge >= 0.3 is 0 Å². The van der Waals surface area contributed by atoms with Gasteiger partial charge in [-0.1, -0.05) is 18.2 Å². The SMILES string of the molecule is Cc1c(F)cccc1S(=O)(=O)c1ccc(CCC(=O)c2ccc3nccn3c2)cc1. The molecule has 2 aromatic heterocycles. The molecule has 0 aliphatic rings. The number of carbonyl (C=O) groups is 1. The standard InChI is InChI=1S/C23H19FN2O3S/c1-16-20(24)3-2-4-22(16)30(28,29)19-9-5-17(6-10-19)7-11-21(27)18-8-12-23-25-13-14-26(23)15-18/h2-6,8-10,12-15H,7,11H2,1H3. The van der Waals surface area contributed by atoms with Crippen LogP contribution in [-0.2, 0) is 16.3 Å². The molecule has 0 aliphatic heterocycles. The zero-order valence-electron chi connectivity index (χ0n) is 16.2. The van der Waals surface area contributed by atoms with Gasteiger partial charge in [0.2, 0.25) is 9.84 Å². The molecule has 0 saturated carbocycles. The molecule has 0 fully saturated rings. The fourth-order valence-electron chi connectivity index (χ4n) is 3.33. The number of halogens is 1. The topological polar surface area (TPSA) is 68.5 Å². The molecule has 4 aromatic rings. The number of carbonyl (C=O) groups excluding carboxylic acids is 1. The van der Waals surface area contributed by atoms with Gasteiger partial charge in [0.05, 0.1) is 9.79 Å². The Morgan fingerprint density at radius 2 is 1.83 bits per heavy atom. The number of nitrogens with zero attached hydrogens (tertiary/aromatic N) is 2. The predicted molar refractivity (Wildman–Crippen MR) is 111 cm³/mol. The lowest BCUT2D eigenvalue weighted by atomic mass is 10.0. The van der Waals surface area contributed by atoms with Crippen LogP contribution in [0.2, 0.25) is 0 Å². The lowest BCUT2D eigenvalue weighted by Crippen LogP contribution is -2.06. The minimum absolute atomic E-state index is 0.00214. The normalized spacial score (nSPS) is 11.7. The molecule has 0 amide bonds.